The van der Waals surface area contributed by atoms with E-state index >= 15 is 0 Å². The Hall–Kier alpha value is -0.725. The average molecular weight is 163 g/mol. The van der Waals surface area contributed by atoms with Crippen molar-refractivity contribution in [2.45, 2.75) is 37.5 Å². The Balaban J connectivity index is 2.31. The summed E-state index contributed by atoms with van der Waals surface area (Å²) in [6.45, 7) is 3.40. The third-order valence-electron chi connectivity index (χ3n) is 2.25. The molecule has 0 spiro atoms. The van der Waals surface area contributed by atoms with Crippen LogP contribution in [0.1, 0.15) is 25.7 Å². The van der Waals surface area contributed by atoms with Crippen molar-refractivity contribution in [1.29, 1.82) is 0 Å². The van der Waals surface area contributed by atoms with E-state index in [2.05, 4.69) is 11.9 Å². The number of rotatable bonds is 2. The van der Waals surface area contributed by atoms with Crippen molar-refractivity contribution in [1.82, 2.24) is 5.32 Å². The van der Waals surface area contributed by atoms with Crippen LogP contribution in [-0.2, 0) is 4.79 Å². The molecule has 1 amide bonds. The van der Waals surface area contributed by atoms with Crippen LogP contribution in [0.3, 0.4) is 0 Å². The highest BCUT2D eigenvalue weighted by atomic mass is 16.1. The summed E-state index contributed by atoms with van der Waals surface area (Å²) in [5.74, 6) is 0.169. The van der Waals surface area contributed by atoms with Crippen LogP contribution in [-0.4, -0.2) is 19.8 Å². The van der Waals surface area contributed by atoms with Crippen LogP contribution in [0.4, 0.5) is 0 Å². The Bertz CT molecular complexity index is 181. The maximum atomic E-state index is 10.9. The molecule has 0 saturated heterocycles. The Morgan fingerprint density at radius 1 is 1.58 bits per heavy atom. The minimum absolute atomic E-state index is 0.0888. The highest BCUT2D eigenvalue weighted by molar-refractivity contribution is 6.11. The monoisotopic (exact) mass is 163 g/mol. The molecule has 0 heterocycles. The molecule has 0 aromatic heterocycles. The normalized spacial score (nSPS) is 29.3. The Kier molecular flexibility index (Phi) is 3.38. The highest BCUT2D eigenvalue weighted by Crippen LogP contribution is 2.25. The molecule has 1 saturated carbocycles. The highest BCUT2D eigenvalue weighted by Gasteiger charge is 2.18. The second-order valence-corrected chi connectivity index (χ2v) is 3.34. The number of carbonyl (C=O) groups is 1. The van der Waals surface area contributed by atoms with Crippen LogP contribution in [0.5, 0.6) is 0 Å². The molecule has 0 bridgehead atoms. The fourth-order valence-corrected chi connectivity index (χ4v) is 1.62. The maximum absolute atomic E-state index is 10.9. The van der Waals surface area contributed by atoms with E-state index in [0.29, 0.717) is 0 Å². The molecule has 2 atom stereocenters. The Morgan fingerprint density at radius 3 is 2.92 bits per heavy atom. The summed E-state index contributed by atoms with van der Waals surface area (Å²) in [6, 6.07) is 0.263. The lowest BCUT2D eigenvalue weighted by molar-refractivity contribution is -0.117. The molecule has 0 aromatic rings. The molecule has 64 valence electrons. The molecular weight excluding hydrogens is 149 g/mol. The zero-order chi connectivity index (χ0) is 8.97. The maximum Gasteiger partial charge on any atom is 0.243 e. The van der Waals surface area contributed by atoms with Gasteiger partial charge in [0.15, 0.2) is 0 Å². The topological polar surface area (TPSA) is 29.1 Å². The van der Waals surface area contributed by atoms with Crippen molar-refractivity contribution >= 4 is 13.8 Å². The van der Waals surface area contributed by atoms with Crippen LogP contribution in [0.15, 0.2) is 12.7 Å². The predicted molar refractivity (Wildman–Crippen MR) is 50.1 cm³/mol. The molecule has 1 aliphatic carbocycles. The van der Waals surface area contributed by atoms with Gasteiger partial charge in [0.1, 0.15) is 0 Å². The average Bonchev–Trinajstić information content (AvgIpc) is 2.04. The largest absolute Gasteiger partial charge is 0.350 e. The van der Waals surface area contributed by atoms with Gasteiger partial charge in [0.2, 0.25) is 5.91 Å². The van der Waals surface area contributed by atoms with Crippen molar-refractivity contribution in [3.63, 3.8) is 0 Å². The van der Waals surface area contributed by atoms with Crippen molar-refractivity contribution < 1.29 is 4.79 Å². The fraction of sp³-hybridized carbons (Fsp3) is 0.667. The van der Waals surface area contributed by atoms with Gasteiger partial charge in [0.25, 0.3) is 0 Å². The van der Waals surface area contributed by atoms with Gasteiger partial charge in [-0.1, -0.05) is 25.2 Å². The first-order valence-corrected chi connectivity index (χ1v) is 4.41. The first-order chi connectivity index (χ1) is 5.72. The van der Waals surface area contributed by atoms with Crippen LogP contribution < -0.4 is 5.32 Å². The molecule has 0 aromatic carbocycles. The SMILES string of the molecule is [B]C1CCCC(NC(=O)C=C)C1. The minimum atomic E-state index is -0.0888. The van der Waals surface area contributed by atoms with E-state index in [1.807, 2.05) is 0 Å². The lowest BCUT2D eigenvalue weighted by Gasteiger charge is -2.27. The van der Waals surface area contributed by atoms with Crippen LogP contribution in [0, 0.1) is 0 Å². The van der Waals surface area contributed by atoms with Crippen LogP contribution >= 0.6 is 0 Å². The molecular formula is C9H14BNO. The first kappa shape index (κ1) is 9.36. The minimum Gasteiger partial charge on any atom is -0.350 e. The summed E-state index contributed by atoms with van der Waals surface area (Å²) < 4.78 is 0. The van der Waals surface area contributed by atoms with Crippen molar-refractivity contribution in [3.05, 3.63) is 12.7 Å². The van der Waals surface area contributed by atoms with Gasteiger partial charge < -0.3 is 5.32 Å². The van der Waals surface area contributed by atoms with E-state index in [9.17, 15) is 4.79 Å². The zero-order valence-electron chi connectivity index (χ0n) is 7.25. The van der Waals surface area contributed by atoms with Crippen molar-refractivity contribution in [3.8, 4) is 0 Å². The summed E-state index contributed by atoms with van der Waals surface area (Å²) in [5.41, 5.74) is 0. The van der Waals surface area contributed by atoms with E-state index in [0.717, 1.165) is 25.7 Å². The number of carbonyl (C=O) groups excluding carboxylic acids is 1. The van der Waals surface area contributed by atoms with E-state index < -0.39 is 0 Å². The molecule has 2 nitrogen and oxygen atoms in total. The Labute approximate surface area is 74.8 Å². The fourth-order valence-electron chi connectivity index (χ4n) is 1.62. The Morgan fingerprint density at radius 2 is 2.33 bits per heavy atom. The molecule has 3 heteroatoms. The molecule has 1 rings (SSSR count). The van der Waals surface area contributed by atoms with Gasteiger partial charge in [-0.05, 0) is 18.9 Å². The third kappa shape index (κ3) is 2.72. The van der Waals surface area contributed by atoms with Gasteiger partial charge in [0, 0.05) is 6.04 Å². The molecule has 2 radical (unpaired) electrons. The summed E-state index contributed by atoms with van der Waals surface area (Å²) in [7, 11) is 5.77. The number of hydrogen-bond donors (Lipinski definition) is 1. The molecule has 1 fully saturated rings. The summed E-state index contributed by atoms with van der Waals surface area (Å²) in [5, 5.41) is 2.86. The molecule has 1 N–H and O–H groups in total. The number of nitrogens with one attached hydrogen (secondary N) is 1. The number of hydrogen-bond acceptors (Lipinski definition) is 1. The third-order valence-corrected chi connectivity index (χ3v) is 2.25. The van der Waals surface area contributed by atoms with Gasteiger partial charge >= 0.3 is 0 Å². The molecule has 12 heavy (non-hydrogen) atoms. The smallest absolute Gasteiger partial charge is 0.243 e. The van der Waals surface area contributed by atoms with E-state index in [1.54, 1.807) is 0 Å². The zero-order valence-corrected chi connectivity index (χ0v) is 7.25. The predicted octanol–water partition coefficient (Wildman–Crippen LogP) is 1.19. The van der Waals surface area contributed by atoms with Crippen LogP contribution in [0.25, 0.3) is 0 Å². The summed E-state index contributed by atoms with van der Waals surface area (Å²) >= 11 is 0. The lowest BCUT2D eigenvalue weighted by atomic mass is 9.73. The van der Waals surface area contributed by atoms with E-state index in [-0.39, 0.29) is 17.8 Å². The quantitative estimate of drug-likeness (QED) is 0.480. The van der Waals surface area contributed by atoms with Crippen molar-refractivity contribution in [2.24, 2.45) is 0 Å². The van der Waals surface area contributed by atoms with E-state index in [4.69, 9.17) is 7.85 Å². The van der Waals surface area contributed by atoms with Crippen molar-refractivity contribution in [2.75, 3.05) is 0 Å². The molecule has 2 unspecified atom stereocenters. The summed E-state index contributed by atoms with van der Waals surface area (Å²) in [6.07, 6.45) is 5.46. The number of amides is 1. The van der Waals surface area contributed by atoms with Gasteiger partial charge in [0.05, 0.1) is 7.85 Å². The van der Waals surface area contributed by atoms with Gasteiger partial charge in [-0.25, -0.2) is 0 Å². The molecule has 0 aliphatic heterocycles. The first-order valence-electron chi connectivity index (χ1n) is 4.41. The summed E-state index contributed by atoms with van der Waals surface area (Å²) in [4.78, 5) is 10.9. The van der Waals surface area contributed by atoms with Gasteiger partial charge in [-0.15, -0.1) is 0 Å². The second-order valence-electron chi connectivity index (χ2n) is 3.34. The van der Waals surface area contributed by atoms with Gasteiger partial charge in [-0.3, -0.25) is 4.79 Å². The second kappa shape index (κ2) is 4.34. The van der Waals surface area contributed by atoms with Crippen LogP contribution in [0.2, 0.25) is 5.82 Å². The standard InChI is InChI=1S/C9H14BNO/c1-2-9(12)11-8-5-3-4-7(10)6-8/h2,7-8H,1,3-6H2,(H,11,12). The van der Waals surface area contributed by atoms with E-state index in [1.165, 1.54) is 6.08 Å². The lowest BCUT2D eigenvalue weighted by Crippen LogP contribution is -2.36. The molecule has 1 aliphatic rings. The van der Waals surface area contributed by atoms with Gasteiger partial charge in [-0.2, -0.15) is 0 Å².